The average molecular weight is 337 g/mol. The van der Waals surface area contributed by atoms with E-state index in [4.69, 9.17) is 0 Å². The van der Waals surface area contributed by atoms with E-state index >= 15 is 0 Å². The molecule has 0 spiro atoms. The maximum atomic E-state index is 13.1. The summed E-state index contributed by atoms with van der Waals surface area (Å²) in [5.41, 5.74) is 0. The molecule has 3 rings (SSSR count). The second-order valence-corrected chi connectivity index (χ2v) is 9.13. The van der Waals surface area contributed by atoms with Crippen molar-refractivity contribution in [3.63, 3.8) is 0 Å². The highest BCUT2D eigenvalue weighted by atomic mass is 31.2. The summed E-state index contributed by atoms with van der Waals surface area (Å²) in [5.74, 6) is -0.347. The lowest BCUT2D eigenvalue weighted by Gasteiger charge is -2.26. The van der Waals surface area contributed by atoms with Gasteiger partial charge >= 0.3 is 0 Å². The van der Waals surface area contributed by atoms with Gasteiger partial charge in [0, 0.05) is 0 Å². The highest BCUT2D eigenvalue weighted by Gasteiger charge is 2.46. The smallest absolute Gasteiger partial charge is 0.201 e. The summed E-state index contributed by atoms with van der Waals surface area (Å²) in [6.07, 6.45) is 0.210. The van der Waals surface area contributed by atoms with Gasteiger partial charge in [-0.2, -0.15) is 0 Å². The minimum Gasteiger partial charge on any atom is -0.293 e. The van der Waals surface area contributed by atoms with Crippen LogP contribution in [0, 0.1) is 0 Å². The van der Waals surface area contributed by atoms with E-state index < -0.39 is 13.9 Å². The van der Waals surface area contributed by atoms with E-state index in [9.17, 15) is 9.18 Å². The largest absolute Gasteiger partial charge is 0.293 e. The SMILES string of the molecule is O=C(CF)C[P+](c1ccccc1)(c1ccccc1)c1ccccc1. The van der Waals surface area contributed by atoms with E-state index in [1.807, 2.05) is 54.6 Å². The van der Waals surface area contributed by atoms with Crippen LogP contribution in [-0.2, 0) is 4.79 Å². The fraction of sp³-hybridized carbons (Fsp3) is 0.0952. The highest BCUT2D eigenvalue weighted by molar-refractivity contribution is 7.96. The van der Waals surface area contributed by atoms with E-state index in [2.05, 4.69) is 36.4 Å². The van der Waals surface area contributed by atoms with Crippen LogP contribution >= 0.6 is 7.26 Å². The van der Waals surface area contributed by atoms with Gasteiger partial charge in [-0.1, -0.05) is 54.6 Å². The third-order valence-corrected chi connectivity index (χ3v) is 8.52. The van der Waals surface area contributed by atoms with Crippen molar-refractivity contribution >= 4 is 29.0 Å². The molecule has 3 aromatic rings. The fourth-order valence-corrected chi connectivity index (χ4v) is 7.17. The van der Waals surface area contributed by atoms with Crippen LogP contribution < -0.4 is 15.9 Å². The molecule has 0 N–H and O–H groups in total. The Morgan fingerprint density at radius 3 is 1.29 bits per heavy atom. The van der Waals surface area contributed by atoms with Gasteiger partial charge in [-0.25, -0.2) is 4.39 Å². The molecule has 3 aromatic carbocycles. The van der Waals surface area contributed by atoms with Gasteiger partial charge < -0.3 is 0 Å². The van der Waals surface area contributed by atoms with Crippen molar-refractivity contribution in [2.24, 2.45) is 0 Å². The van der Waals surface area contributed by atoms with E-state index in [1.165, 1.54) is 0 Å². The molecule has 1 nitrogen and oxygen atoms in total. The standard InChI is InChI=1S/C21H19FOP/c22-16-18(23)17-24(19-10-4-1-5-11-19,20-12-6-2-7-13-20)21-14-8-3-9-15-21/h1-15H,16-17H2/q+1. The van der Waals surface area contributed by atoms with Gasteiger partial charge in [0.25, 0.3) is 0 Å². The summed E-state index contributed by atoms with van der Waals surface area (Å²) in [5, 5.41) is 3.30. The van der Waals surface area contributed by atoms with Gasteiger partial charge in [0.15, 0.2) is 6.67 Å². The zero-order valence-electron chi connectivity index (χ0n) is 13.3. The maximum absolute atomic E-state index is 13.1. The van der Waals surface area contributed by atoms with Crippen molar-refractivity contribution in [2.75, 3.05) is 12.8 Å². The molecule has 0 saturated carbocycles. The van der Waals surface area contributed by atoms with Crippen LogP contribution in [-0.4, -0.2) is 18.6 Å². The van der Waals surface area contributed by atoms with Crippen LogP contribution in [0.2, 0.25) is 0 Å². The van der Waals surface area contributed by atoms with Crippen molar-refractivity contribution < 1.29 is 9.18 Å². The first-order valence-electron chi connectivity index (χ1n) is 7.90. The Labute approximate surface area is 142 Å². The minimum atomic E-state index is -2.22. The number of carbonyl (C=O) groups is 1. The number of halogens is 1. The molecule has 0 radical (unpaired) electrons. The van der Waals surface area contributed by atoms with Crippen LogP contribution in [0.1, 0.15) is 0 Å². The Hall–Kier alpha value is -2.31. The first-order chi connectivity index (χ1) is 11.8. The molecule has 0 bridgehead atoms. The van der Waals surface area contributed by atoms with Crippen LogP contribution in [0.3, 0.4) is 0 Å². The van der Waals surface area contributed by atoms with Gasteiger partial charge in [-0.05, 0) is 36.4 Å². The summed E-state index contributed by atoms with van der Waals surface area (Å²) in [7, 11) is -2.22. The summed E-state index contributed by atoms with van der Waals surface area (Å²) >= 11 is 0. The topological polar surface area (TPSA) is 17.1 Å². The predicted molar refractivity (Wildman–Crippen MR) is 101 cm³/mol. The zero-order chi connectivity index (χ0) is 16.8. The summed E-state index contributed by atoms with van der Waals surface area (Å²) in [6.45, 7) is -0.922. The minimum absolute atomic E-state index is 0.210. The van der Waals surface area contributed by atoms with E-state index in [1.54, 1.807) is 0 Å². The summed E-state index contributed by atoms with van der Waals surface area (Å²) in [6, 6.07) is 30.1. The first kappa shape index (κ1) is 16.5. The number of carbonyl (C=O) groups excluding carboxylic acids is 1. The third-order valence-electron chi connectivity index (χ3n) is 4.15. The molecule has 24 heavy (non-hydrogen) atoms. The number of benzene rings is 3. The Balaban J connectivity index is 2.30. The van der Waals surface area contributed by atoms with Gasteiger partial charge in [0.2, 0.25) is 5.78 Å². The van der Waals surface area contributed by atoms with Gasteiger partial charge in [0.1, 0.15) is 29.3 Å². The average Bonchev–Trinajstić information content (AvgIpc) is 2.68. The van der Waals surface area contributed by atoms with Crippen LogP contribution in [0.15, 0.2) is 91.0 Å². The van der Waals surface area contributed by atoms with Gasteiger partial charge in [-0.15, -0.1) is 0 Å². The molecule has 3 heteroatoms. The lowest BCUT2D eigenvalue weighted by atomic mass is 10.3. The number of ketones is 1. The molecule has 0 aliphatic rings. The zero-order valence-corrected chi connectivity index (χ0v) is 14.2. The number of alkyl halides is 1. The lowest BCUT2D eigenvalue weighted by molar-refractivity contribution is -0.117. The second kappa shape index (κ2) is 7.51. The summed E-state index contributed by atoms with van der Waals surface area (Å²) < 4.78 is 13.1. The maximum Gasteiger partial charge on any atom is 0.201 e. The molecule has 0 unspecified atom stereocenters. The molecule has 0 atom stereocenters. The Bertz CT molecular complexity index is 691. The molecule has 0 fully saturated rings. The van der Waals surface area contributed by atoms with E-state index in [0.29, 0.717) is 0 Å². The van der Waals surface area contributed by atoms with Gasteiger partial charge in [0.05, 0.1) is 0 Å². The molecular formula is C21H19FOP+. The Kier molecular flexibility index (Phi) is 5.17. The van der Waals surface area contributed by atoms with Crippen molar-refractivity contribution in [3.05, 3.63) is 91.0 Å². The van der Waals surface area contributed by atoms with Crippen molar-refractivity contribution in [1.82, 2.24) is 0 Å². The molecule has 0 heterocycles. The molecular weight excluding hydrogens is 318 g/mol. The first-order valence-corrected chi connectivity index (χ1v) is 9.87. The van der Waals surface area contributed by atoms with E-state index in [-0.39, 0.29) is 11.9 Å². The molecule has 0 saturated heterocycles. The molecule has 120 valence electrons. The predicted octanol–water partition coefficient (Wildman–Crippen LogP) is 3.52. The Morgan fingerprint density at radius 2 is 1.00 bits per heavy atom. The molecule has 0 amide bonds. The van der Waals surface area contributed by atoms with E-state index in [0.717, 1.165) is 15.9 Å². The van der Waals surface area contributed by atoms with Crippen LogP contribution in [0.5, 0.6) is 0 Å². The highest BCUT2D eigenvalue weighted by Crippen LogP contribution is 2.55. The summed E-state index contributed by atoms with van der Waals surface area (Å²) in [4.78, 5) is 12.2. The van der Waals surface area contributed by atoms with Gasteiger partial charge in [-0.3, -0.25) is 4.79 Å². The quantitative estimate of drug-likeness (QED) is 0.629. The number of hydrogen-bond donors (Lipinski definition) is 0. The molecule has 0 aromatic heterocycles. The van der Waals surface area contributed by atoms with Crippen molar-refractivity contribution in [3.8, 4) is 0 Å². The fourth-order valence-electron chi connectivity index (χ4n) is 3.08. The number of hydrogen-bond acceptors (Lipinski definition) is 1. The van der Waals surface area contributed by atoms with Crippen LogP contribution in [0.4, 0.5) is 4.39 Å². The lowest BCUT2D eigenvalue weighted by Crippen LogP contribution is -2.36. The number of Topliss-reactive ketones (excluding diaryl/α,β-unsaturated/α-hetero) is 1. The van der Waals surface area contributed by atoms with Crippen LogP contribution in [0.25, 0.3) is 0 Å². The Morgan fingerprint density at radius 1 is 0.667 bits per heavy atom. The second-order valence-electron chi connectivity index (χ2n) is 5.65. The number of rotatable bonds is 6. The van der Waals surface area contributed by atoms with Crippen molar-refractivity contribution in [1.29, 1.82) is 0 Å². The molecule has 0 aliphatic carbocycles. The molecule has 0 aliphatic heterocycles. The monoisotopic (exact) mass is 337 g/mol. The normalized spacial score (nSPS) is 11.2. The van der Waals surface area contributed by atoms with Crippen molar-refractivity contribution in [2.45, 2.75) is 0 Å². The third kappa shape index (κ3) is 3.16.